The number of hydrogen-bond acceptors (Lipinski definition) is 3. The Balaban J connectivity index is 2.07. The maximum absolute atomic E-state index is 11.9. The summed E-state index contributed by atoms with van der Waals surface area (Å²) in [6.07, 6.45) is 1.24. The van der Waals surface area contributed by atoms with E-state index in [1.165, 1.54) is 12.1 Å². The molecule has 2 rings (SSSR count). The number of halogens is 2. The van der Waals surface area contributed by atoms with Crippen LogP contribution in [-0.4, -0.2) is 23.2 Å². The van der Waals surface area contributed by atoms with Gasteiger partial charge in [0.2, 0.25) is 0 Å². The third kappa shape index (κ3) is 2.88. The van der Waals surface area contributed by atoms with Gasteiger partial charge >= 0.3 is 0 Å². The van der Waals surface area contributed by atoms with Crippen molar-refractivity contribution in [3.05, 3.63) is 22.2 Å². The van der Waals surface area contributed by atoms with Gasteiger partial charge in [-0.1, -0.05) is 23.2 Å². The molecule has 2 atom stereocenters. The number of amides is 1. The molecule has 2 unspecified atom stereocenters. The fraction of sp³-hybridized carbons (Fsp3) is 0.417. The molecule has 0 aliphatic carbocycles. The zero-order valence-corrected chi connectivity index (χ0v) is 11.3. The molecule has 0 radical (unpaired) electrons. The van der Waals surface area contributed by atoms with Gasteiger partial charge < -0.3 is 15.2 Å². The van der Waals surface area contributed by atoms with Crippen LogP contribution in [0.2, 0.25) is 10.0 Å². The van der Waals surface area contributed by atoms with Gasteiger partial charge in [-0.15, -0.1) is 0 Å². The average Bonchev–Trinajstić information content (AvgIpc) is 2.72. The number of carbonyl (C=O) groups excluding carboxylic acids is 1. The minimum absolute atomic E-state index is 0.0958. The van der Waals surface area contributed by atoms with Gasteiger partial charge in [0.15, 0.2) is 5.75 Å². The molecular weight excluding hydrogens is 277 g/mol. The highest BCUT2D eigenvalue weighted by molar-refractivity contribution is 6.37. The monoisotopic (exact) mass is 289 g/mol. The summed E-state index contributed by atoms with van der Waals surface area (Å²) in [7, 11) is 0. The first kappa shape index (κ1) is 13.5. The van der Waals surface area contributed by atoms with Crippen molar-refractivity contribution < 1.29 is 14.6 Å². The van der Waals surface area contributed by atoms with Crippen molar-refractivity contribution in [3.63, 3.8) is 0 Å². The molecule has 4 nitrogen and oxygen atoms in total. The van der Waals surface area contributed by atoms with E-state index in [-0.39, 0.29) is 27.8 Å². The SMILES string of the molecule is CC1CCC(C(=O)Nc2cc(Cl)c(O)c(Cl)c2)O1. The molecule has 1 saturated heterocycles. The Kier molecular flexibility index (Phi) is 4.00. The highest BCUT2D eigenvalue weighted by atomic mass is 35.5. The largest absolute Gasteiger partial charge is 0.505 e. The van der Waals surface area contributed by atoms with E-state index < -0.39 is 6.10 Å². The zero-order chi connectivity index (χ0) is 13.3. The topological polar surface area (TPSA) is 58.6 Å². The summed E-state index contributed by atoms with van der Waals surface area (Å²) in [5.41, 5.74) is 0.441. The lowest BCUT2D eigenvalue weighted by atomic mass is 10.2. The van der Waals surface area contributed by atoms with Crippen LogP contribution in [0.5, 0.6) is 5.75 Å². The van der Waals surface area contributed by atoms with E-state index in [0.29, 0.717) is 12.1 Å². The first-order chi connectivity index (χ1) is 8.47. The number of anilines is 1. The van der Waals surface area contributed by atoms with Crippen molar-refractivity contribution in [2.45, 2.75) is 32.0 Å². The molecule has 1 amide bonds. The van der Waals surface area contributed by atoms with E-state index in [1.807, 2.05) is 6.92 Å². The van der Waals surface area contributed by atoms with Crippen LogP contribution >= 0.6 is 23.2 Å². The summed E-state index contributed by atoms with van der Waals surface area (Å²) in [5, 5.41) is 12.3. The number of ether oxygens (including phenoxy) is 1. The van der Waals surface area contributed by atoms with E-state index in [4.69, 9.17) is 27.9 Å². The van der Waals surface area contributed by atoms with Crippen molar-refractivity contribution in [2.75, 3.05) is 5.32 Å². The van der Waals surface area contributed by atoms with Crippen molar-refractivity contribution in [3.8, 4) is 5.75 Å². The summed E-state index contributed by atoms with van der Waals surface area (Å²) in [6.45, 7) is 1.93. The van der Waals surface area contributed by atoms with Gasteiger partial charge in [0.25, 0.3) is 5.91 Å². The maximum atomic E-state index is 11.9. The standard InChI is InChI=1S/C12H13Cl2NO3/c1-6-2-3-10(18-6)12(17)15-7-4-8(13)11(16)9(14)5-7/h4-6,10,16H,2-3H2,1H3,(H,15,17). The molecule has 6 heteroatoms. The third-order valence-electron chi connectivity index (χ3n) is 2.81. The molecule has 0 spiro atoms. The van der Waals surface area contributed by atoms with E-state index in [1.54, 1.807) is 0 Å². The van der Waals surface area contributed by atoms with Crippen molar-refractivity contribution >= 4 is 34.8 Å². The molecule has 1 aromatic rings. The Morgan fingerprint density at radius 1 is 1.39 bits per heavy atom. The summed E-state index contributed by atoms with van der Waals surface area (Å²) >= 11 is 11.5. The van der Waals surface area contributed by atoms with Crippen molar-refractivity contribution in [1.82, 2.24) is 0 Å². The number of phenols is 1. The Bertz CT molecular complexity index is 455. The first-order valence-corrected chi connectivity index (χ1v) is 6.37. The molecule has 18 heavy (non-hydrogen) atoms. The number of nitrogens with one attached hydrogen (secondary N) is 1. The van der Waals surface area contributed by atoms with Gasteiger partial charge in [0, 0.05) is 5.69 Å². The minimum atomic E-state index is -0.439. The highest BCUT2D eigenvalue weighted by Gasteiger charge is 2.28. The molecule has 1 heterocycles. The van der Waals surface area contributed by atoms with Crippen LogP contribution in [-0.2, 0) is 9.53 Å². The van der Waals surface area contributed by atoms with Crippen molar-refractivity contribution in [1.29, 1.82) is 0 Å². The smallest absolute Gasteiger partial charge is 0.253 e. The van der Waals surface area contributed by atoms with Gasteiger partial charge in [0.05, 0.1) is 16.1 Å². The molecular formula is C12H13Cl2NO3. The predicted molar refractivity (Wildman–Crippen MR) is 70.3 cm³/mol. The fourth-order valence-corrected chi connectivity index (χ4v) is 2.34. The number of benzene rings is 1. The normalized spacial score (nSPS) is 23.1. The van der Waals surface area contributed by atoms with Crippen LogP contribution < -0.4 is 5.32 Å². The second kappa shape index (κ2) is 5.34. The molecule has 1 aliphatic heterocycles. The van der Waals surface area contributed by atoms with E-state index in [0.717, 1.165) is 6.42 Å². The van der Waals surface area contributed by atoms with Gasteiger partial charge in [-0.25, -0.2) is 0 Å². The summed E-state index contributed by atoms with van der Waals surface area (Å²) < 4.78 is 5.45. The van der Waals surface area contributed by atoms with Crippen molar-refractivity contribution in [2.24, 2.45) is 0 Å². The van der Waals surface area contributed by atoms with Crippen LogP contribution in [0.3, 0.4) is 0 Å². The fourth-order valence-electron chi connectivity index (χ4n) is 1.86. The Morgan fingerprint density at radius 3 is 2.50 bits per heavy atom. The Labute approximate surface area is 115 Å². The number of aromatic hydroxyl groups is 1. The van der Waals surface area contributed by atoms with E-state index >= 15 is 0 Å². The van der Waals surface area contributed by atoms with Gasteiger partial charge in [0.1, 0.15) is 6.10 Å². The number of phenolic OH excluding ortho intramolecular Hbond substituents is 1. The Hall–Kier alpha value is -0.970. The lowest BCUT2D eigenvalue weighted by Gasteiger charge is -2.12. The van der Waals surface area contributed by atoms with Crippen LogP contribution in [0, 0.1) is 0 Å². The summed E-state index contributed by atoms with van der Waals surface area (Å²) in [4.78, 5) is 11.9. The lowest BCUT2D eigenvalue weighted by Crippen LogP contribution is -2.27. The predicted octanol–water partition coefficient (Wildman–Crippen LogP) is 3.21. The van der Waals surface area contributed by atoms with E-state index in [9.17, 15) is 9.90 Å². The first-order valence-electron chi connectivity index (χ1n) is 5.61. The van der Waals surface area contributed by atoms with Crippen LogP contribution in [0.25, 0.3) is 0 Å². The second-order valence-electron chi connectivity index (χ2n) is 4.29. The Morgan fingerprint density at radius 2 is 2.00 bits per heavy atom. The maximum Gasteiger partial charge on any atom is 0.253 e. The summed E-state index contributed by atoms with van der Waals surface area (Å²) in [5.74, 6) is -0.417. The van der Waals surface area contributed by atoms with Gasteiger partial charge in [-0.3, -0.25) is 4.79 Å². The lowest BCUT2D eigenvalue weighted by molar-refractivity contribution is -0.126. The van der Waals surface area contributed by atoms with Crippen LogP contribution in [0.1, 0.15) is 19.8 Å². The average molecular weight is 290 g/mol. The molecule has 98 valence electrons. The molecule has 0 aromatic heterocycles. The molecule has 1 aromatic carbocycles. The summed E-state index contributed by atoms with van der Waals surface area (Å²) in [6, 6.07) is 2.89. The van der Waals surface area contributed by atoms with Gasteiger partial charge in [-0.2, -0.15) is 0 Å². The molecule has 1 fully saturated rings. The molecule has 0 saturated carbocycles. The highest BCUT2D eigenvalue weighted by Crippen LogP contribution is 2.34. The number of hydrogen-bond donors (Lipinski definition) is 2. The van der Waals surface area contributed by atoms with Crippen LogP contribution in [0.4, 0.5) is 5.69 Å². The molecule has 0 bridgehead atoms. The van der Waals surface area contributed by atoms with Gasteiger partial charge in [-0.05, 0) is 31.9 Å². The second-order valence-corrected chi connectivity index (χ2v) is 5.10. The number of carbonyl (C=O) groups is 1. The quantitative estimate of drug-likeness (QED) is 0.822. The minimum Gasteiger partial charge on any atom is -0.505 e. The van der Waals surface area contributed by atoms with Crippen LogP contribution in [0.15, 0.2) is 12.1 Å². The molecule has 2 N–H and O–H groups in total. The number of rotatable bonds is 2. The van der Waals surface area contributed by atoms with E-state index in [2.05, 4.69) is 5.32 Å². The molecule has 1 aliphatic rings. The third-order valence-corrected chi connectivity index (χ3v) is 3.39. The zero-order valence-electron chi connectivity index (χ0n) is 9.74.